The molecule has 5 atom stereocenters. The van der Waals surface area contributed by atoms with Crippen molar-refractivity contribution in [3.8, 4) is 0 Å². The Morgan fingerprint density at radius 1 is 0.569 bits per heavy atom. The monoisotopic (exact) mass is 695 g/mol. The summed E-state index contributed by atoms with van der Waals surface area (Å²) in [6.07, 6.45) is -3.94. The van der Waals surface area contributed by atoms with Crippen LogP contribution < -0.4 is 0 Å². The minimum absolute atomic E-state index is 0.00837. The molecule has 2 aliphatic heterocycles. The van der Waals surface area contributed by atoms with Gasteiger partial charge in [-0.2, -0.15) is 0 Å². The molecule has 2 amide bonds. The Morgan fingerprint density at radius 3 is 1.45 bits per heavy atom. The molecule has 51 heavy (non-hydrogen) atoms. The minimum atomic E-state index is -0.924. The highest BCUT2D eigenvalue weighted by molar-refractivity contribution is 6.01. The van der Waals surface area contributed by atoms with Gasteiger partial charge in [-0.25, -0.2) is 4.79 Å². The van der Waals surface area contributed by atoms with Gasteiger partial charge in [-0.15, -0.1) is 5.06 Å². The van der Waals surface area contributed by atoms with E-state index in [4.69, 9.17) is 33.3 Å². The Labute approximate surface area is 296 Å². The average Bonchev–Trinajstić information content (AvgIpc) is 3.48. The molecule has 4 aromatic rings. The lowest BCUT2D eigenvalue weighted by atomic mass is 9.97. The number of imide groups is 1. The Bertz CT molecular complexity index is 1660. The zero-order valence-electron chi connectivity index (χ0n) is 28.1. The van der Waals surface area contributed by atoms with Crippen LogP contribution in [0, 0.1) is 0 Å². The molecule has 4 aromatic carbocycles. The number of amides is 2. The third-order valence-corrected chi connectivity index (χ3v) is 8.41. The molecule has 0 N–H and O–H groups in total. The Hall–Kier alpha value is -4.75. The molecule has 2 saturated heterocycles. The number of nitrogens with zero attached hydrogens (tertiary/aromatic N) is 1. The van der Waals surface area contributed by atoms with Gasteiger partial charge in [0, 0.05) is 12.8 Å². The van der Waals surface area contributed by atoms with Gasteiger partial charge in [-0.1, -0.05) is 121 Å². The maximum Gasteiger partial charge on any atom is 0.358 e. The minimum Gasteiger partial charge on any atom is -0.368 e. The van der Waals surface area contributed by atoms with Gasteiger partial charge in [0.15, 0.2) is 6.29 Å². The zero-order valence-corrected chi connectivity index (χ0v) is 28.1. The number of ether oxygens (including phenoxy) is 6. The van der Waals surface area contributed by atoms with Crippen LogP contribution in [0.4, 0.5) is 0 Å². The molecule has 2 heterocycles. The molecule has 266 valence electrons. The molecule has 6 rings (SSSR count). The van der Waals surface area contributed by atoms with Gasteiger partial charge in [0.2, 0.25) is 0 Å². The molecule has 0 aromatic heterocycles. The predicted octanol–water partition coefficient (Wildman–Crippen LogP) is 5.31. The van der Waals surface area contributed by atoms with E-state index in [0.717, 1.165) is 22.3 Å². The SMILES string of the molecule is O=C(COC[C@H]1O[C@@H](OCc2ccccc2)[C@H](OCc2ccccc2)[C@@H](OCc2ccccc2)[C@@H]1OCc1ccccc1)ON1C(=O)CCC1=O. The van der Waals surface area contributed by atoms with Crippen LogP contribution >= 0.6 is 0 Å². The molecule has 0 radical (unpaired) electrons. The quantitative estimate of drug-likeness (QED) is 0.135. The van der Waals surface area contributed by atoms with Crippen molar-refractivity contribution >= 4 is 17.8 Å². The molecule has 11 heteroatoms. The number of hydrogen-bond acceptors (Lipinski definition) is 10. The summed E-state index contributed by atoms with van der Waals surface area (Å²) in [5.41, 5.74) is 3.79. The molecule has 0 bridgehead atoms. The van der Waals surface area contributed by atoms with E-state index in [0.29, 0.717) is 5.06 Å². The van der Waals surface area contributed by atoms with Crippen molar-refractivity contribution in [2.45, 2.75) is 70.0 Å². The van der Waals surface area contributed by atoms with E-state index in [1.807, 2.05) is 121 Å². The number of hydroxylamine groups is 2. The fraction of sp³-hybridized carbons (Fsp3) is 0.325. The van der Waals surface area contributed by atoms with Gasteiger partial charge < -0.3 is 33.3 Å². The normalized spacial score (nSPS) is 21.9. The fourth-order valence-corrected chi connectivity index (χ4v) is 5.81. The van der Waals surface area contributed by atoms with Gasteiger partial charge in [0.05, 0.1) is 33.0 Å². The van der Waals surface area contributed by atoms with Crippen LogP contribution in [-0.4, -0.2) is 66.8 Å². The summed E-state index contributed by atoms with van der Waals surface area (Å²) in [7, 11) is 0. The molecule has 0 unspecified atom stereocenters. The Morgan fingerprint density at radius 2 is 0.980 bits per heavy atom. The van der Waals surface area contributed by atoms with Gasteiger partial charge in [0.25, 0.3) is 11.8 Å². The smallest absolute Gasteiger partial charge is 0.358 e. The van der Waals surface area contributed by atoms with Crippen molar-refractivity contribution in [1.29, 1.82) is 0 Å². The van der Waals surface area contributed by atoms with Crippen LogP contribution in [0.15, 0.2) is 121 Å². The highest BCUT2D eigenvalue weighted by atomic mass is 16.7. The first-order valence-electron chi connectivity index (χ1n) is 17.0. The Balaban J connectivity index is 1.26. The van der Waals surface area contributed by atoms with E-state index in [-0.39, 0.29) is 45.9 Å². The first-order valence-corrected chi connectivity index (χ1v) is 17.0. The summed E-state index contributed by atoms with van der Waals surface area (Å²) in [4.78, 5) is 41.5. The molecule has 0 saturated carbocycles. The van der Waals surface area contributed by atoms with E-state index in [1.165, 1.54) is 0 Å². The summed E-state index contributed by atoms with van der Waals surface area (Å²) in [6, 6.07) is 39.0. The van der Waals surface area contributed by atoms with E-state index >= 15 is 0 Å². The van der Waals surface area contributed by atoms with Gasteiger partial charge in [-0.3, -0.25) is 9.59 Å². The first-order chi connectivity index (χ1) is 25.0. The van der Waals surface area contributed by atoms with Crippen LogP contribution in [0.25, 0.3) is 0 Å². The maximum absolute atomic E-state index is 12.6. The van der Waals surface area contributed by atoms with Crippen LogP contribution in [0.2, 0.25) is 0 Å². The maximum atomic E-state index is 12.6. The molecule has 2 aliphatic rings. The van der Waals surface area contributed by atoms with Crippen molar-refractivity contribution in [3.63, 3.8) is 0 Å². The first kappa shape index (κ1) is 36.1. The fourth-order valence-electron chi connectivity index (χ4n) is 5.81. The van der Waals surface area contributed by atoms with Crippen molar-refractivity contribution in [1.82, 2.24) is 5.06 Å². The lowest BCUT2D eigenvalue weighted by Gasteiger charge is -2.45. The summed E-state index contributed by atoms with van der Waals surface area (Å²) in [6.45, 7) is 0.316. The number of hydrogen-bond donors (Lipinski definition) is 0. The third kappa shape index (κ3) is 10.4. The highest BCUT2D eigenvalue weighted by Crippen LogP contribution is 2.32. The van der Waals surface area contributed by atoms with E-state index < -0.39 is 55.1 Å². The number of rotatable bonds is 17. The lowest BCUT2D eigenvalue weighted by Crippen LogP contribution is -2.61. The van der Waals surface area contributed by atoms with Gasteiger partial charge in [0.1, 0.15) is 31.0 Å². The van der Waals surface area contributed by atoms with Crippen LogP contribution in [0.3, 0.4) is 0 Å². The molecular formula is C40H41NO10. The summed E-state index contributed by atoms with van der Waals surface area (Å²) in [5.74, 6) is -2.04. The summed E-state index contributed by atoms with van der Waals surface area (Å²) >= 11 is 0. The molecule has 11 nitrogen and oxygen atoms in total. The van der Waals surface area contributed by atoms with Crippen molar-refractivity contribution < 1.29 is 47.6 Å². The van der Waals surface area contributed by atoms with Gasteiger partial charge in [-0.05, 0) is 22.3 Å². The number of benzene rings is 4. The van der Waals surface area contributed by atoms with E-state index in [9.17, 15) is 14.4 Å². The van der Waals surface area contributed by atoms with Crippen molar-refractivity contribution in [3.05, 3.63) is 144 Å². The van der Waals surface area contributed by atoms with Crippen molar-refractivity contribution in [2.75, 3.05) is 13.2 Å². The summed E-state index contributed by atoms with van der Waals surface area (Å²) in [5, 5.41) is 0.490. The van der Waals surface area contributed by atoms with Gasteiger partial charge >= 0.3 is 5.97 Å². The third-order valence-electron chi connectivity index (χ3n) is 8.41. The molecular weight excluding hydrogens is 654 g/mol. The molecule has 2 fully saturated rings. The summed E-state index contributed by atoms with van der Waals surface area (Å²) < 4.78 is 38.7. The van der Waals surface area contributed by atoms with Crippen LogP contribution in [0.1, 0.15) is 35.1 Å². The second-order valence-corrected chi connectivity index (χ2v) is 12.2. The second-order valence-electron chi connectivity index (χ2n) is 12.2. The number of carbonyl (C=O) groups is 3. The zero-order chi connectivity index (χ0) is 35.3. The van der Waals surface area contributed by atoms with E-state index in [1.54, 1.807) is 0 Å². The highest BCUT2D eigenvalue weighted by Gasteiger charge is 2.49. The van der Waals surface area contributed by atoms with Crippen LogP contribution in [0.5, 0.6) is 0 Å². The average molecular weight is 696 g/mol. The predicted molar refractivity (Wildman–Crippen MR) is 183 cm³/mol. The Kier molecular flexibility index (Phi) is 13.1. The molecule has 0 spiro atoms. The lowest BCUT2D eigenvalue weighted by molar-refractivity contribution is -0.330. The van der Waals surface area contributed by atoms with Crippen LogP contribution in [-0.2, 0) is 74.1 Å². The number of carbonyl (C=O) groups excluding carboxylic acids is 3. The second kappa shape index (κ2) is 18.5. The topological polar surface area (TPSA) is 119 Å². The standard InChI is InChI=1S/C40H41NO10/c42-34-21-22-35(43)41(34)51-36(44)28-45-27-33-37(46-23-29-13-5-1-6-14-29)38(47-24-30-15-7-2-8-16-30)39(48-25-31-17-9-3-10-18-31)40(50-33)49-26-32-19-11-4-12-20-32/h1-20,33,37-40H,21-28H2/t33-,37-,38+,39-,40-/m1/s1. The van der Waals surface area contributed by atoms with E-state index in [2.05, 4.69) is 0 Å². The van der Waals surface area contributed by atoms with Crippen molar-refractivity contribution in [2.24, 2.45) is 0 Å². The molecule has 0 aliphatic carbocycles. The largest absolute Gasteiger partial charge is 0.368 e.